The average Bonchev–Trinajstić information content (AvgIpc) is 3.29. The predicted molar refractivity (Wildman–Crippen MR) is 102 cm³/mol. The van der Waals surface area contributed by atoms with Crippen LogP contribution in [-0.4, -0.2) is 0 Å². The molecule has 0 aromatic heterocycles. The molecule has 0 saturated heterocycles. The van der Waals surface area contributed by atoms with Gasteiger partial charge in [-0.25, -0.2) is 0 Å². The smallest absolute Gasteiger partial charge is 0.0204 e. The molecule has 0 unspecified atom stereocenters. The number of allylic oxidation sites excluding steroid dienone is 8. The quantitative estimate of drug-likeness (QED) is 0.657. The standard InChI is InChI=1S/C24H22/c1-2-8-19(7-1)15-20-9-5-10-21(16-20)17-22-11-6-14-24(18-22)23-12-3-4-13-23/h1-14,16,18-19,23H,15,17H2. The highest BCUT2D eigenvalue weighted by Crippen LogP contribution is 2.25. The lowest BCUT2D eigenvalue weighted by atomic mass is 9.94. The fourth-order valence-corrected chi connectivity index (χ4v) is 3.55. The van der Waals surface area contributed by atoms with Crippen molar-refractivity contribution in [3.05, 3.63) is 119 Å². The monoisotopic (exact) mass is 310 g/mol. The zero-order chi connectivity index (χ0) is 16.2. The Morgan fingerprint density at radius 1 is 0.625 bits per heavy atom. The fourth-order valence-electron chi connectivity index (χ4n) is 3.55. The van der Waals surface area contributed by atoms with Gasteiger partial charge in [0.15, 0.2) is 0 Å². The molecule has 0 amide bonds. The Hall–Kier alpha value is -2.60. The maximum absolute atomic E-state index is 2.36. The van der Waals surface area contributed by atoms with E-state index < -0.39 is 0 Å². The molecule has 0 aliphatic heterocycles. The van der Waals surface area contributed by atoms with Gasteiger partial charge < -0.3 is 0 Å². The number of benzene rings is 2. The maximum Gasteiger partial charge on any atom is 0.0204 e. The number of hydrogen-bond donors (Lipinski definition) is 0. The van der Waals surface area contributed by atoms with E-state index in [0.717, 1.165) is 12.8 Å². The molecule has 0 atom stereocenters. The lowest BCUT2D eigenvalue weighted by Gasteiger charge is -2.11. The van der Waals surface area contributed by atoms with Crippen molar-refractivity contribution in [2.75, 3.05) is 0 Å². The molecule has 0 N–H and O–H groups in total. The SMILES string of the molecule is C1=CC(Cc2cccc(Cc3cccc(C4C=CC=C4)c3)c2)C=C1. The van der Waals surface area contributed by atoms with Crippen molar-refractivity contribution in [2.24, 2.45) is 5.92 Å². The topological polar surface area (TPSA) is 0 Å². The van der Waals surface area contributed by atoms with E-state index in [2.05, 4.69) is 97.1 Å². The molecule has 0 spiro atoms. The lowest BCUT2D eigenvalue weighted by Crippen LogP contribution is -1.98. The summed E-state index contributed by atoms with van der Waals surface area (Å²) in [5.74, 6) is 1.00. The second-order valence-electron chi connectivity index (χ2n) is 6.68. The van der Waals surface area contributed by atoms with Gasteiger partial charge in [-0.3, -0.25) is 0 Å². The van der Waals surface area contributed by atoms with Gasteiger partial charge in [0.25, 0.3) is 0 Å². The Bertz CT molecular complexity index is 809. The fraction of sp³-hybridized carbons (Fsp3) is 0.167. The van der Waals surface area contributed by atoms with Gasteiger partial charge in [0.05, 0.1) is 0 Å². The van der Waals surface area contributed by atoms with Gasteiger partial charge in [0.1, 0.15) is 0 Å². The van der Waals surface area contributed by atoms with Gasteiger partial charge in [-0.1, -0.05) is 97.1 Å². The van der Waals surface area contributed by atoms with Gasteiger partial charge in [0, 0.05) is 5.92 Å². The van der Waals surface area contributed by atoms with Crippen molar-refractivity contribution < 1.29 is 0 Å². The van der Waals surface area contributed by atoms with E-state index in [1.165, 1.54) is 22.3 Å². The minimum atomic E-state index is 0.442. The van der Waals surface area contributed by atoms with Crippen molar-refractivity contribution in [1.82, 2.24) is 0 Å². The summed E-state index contributed by atoms with van der Waals surface area (Å²) < 4.78 is 0. The van der Waals surface area contributed by atoms with Crippen molar-refractivity contribution in [3.8, 4) is 0 Å². The Labute approximate surface area is 144 Å². The third-order valence-electron chi connectivity index (χ3n) is 4.78. The lowest BCUT2D eigenvalue weighted by molar-refractivity contribution is 0.814. The van der Waals surface area contributed by atoms with Crippen LogP contribution in [0.3, 0.4) is 0 Å². The van der Waals surface area contributed by atoms with Gasteiger partial charge in [0.2, 0.25) is 0 Å². The average molecular weight is 310 g/mol. The zero-order valence-corrected chi connectivity index (χ0v) is 13.8. The molecule has 0 radical (unpaired) electrons. The predicted octanol–water partition coefficient (Wildman–Crippen LogP) is 5.77. The Kier molecular flexibility index (Phi) is 4.29. The van der Waals surface area contributed by atoms with Crippen LogP contribution in [0.5, 0.6) is 0 Å². The van der Waals surface area contributed by atoms with E-state index in [9.17, 15) is 0 Å². The molecule has 24 heavy (non-hydrogen) atoms. The van der Waals surface area contributed by atoms with Crippen molar-refractivity contribution in [3.63, 3.8) is 0 Å². The van der Waals surface area contributed by atoms with Crippen LogP contribution >= 0.6 is 0 Å². The minimum Gasteiger partial charge on any atom is -0.0773 e. The van der Waals surface area contributed by atoms with Gasteiger partial charge >= 0.3 is 0 Å². The van der Waals surface area contributed by atoms with Crippen LogP contribution in [0.15, 0.2) is 97.1 Å². The molecular weight excluding hydrogens is 288 g/mol. The van der Waals surface area contributed by atoms with E-state index in [0.29, 0.717) is 11.8 Å². The van der Waals surface area contributed by atoms with Crippen LogP contribution in [0.2, 0.25) is 0 Å². The van der Waals surface area contributed by atoms with Crippen LogP contribution < -0.4 is 0 Å². The van der Waals surface area contributed by atoms with Crippen molar-refractivity contribution >= 4 is 0 Å². The maximum atomic E-state index is 2.36. The van der Waals surface area contributed by atoms with Crippen LogP contribution in [0.4, 0.5) is 0 Å². The molecule has 0 saturated carbocycles. The first-order valence-corrected chi connectivity index (χ1v) is 8.73. The van der Waals surface area contributed by atoms with Crippen LogP contribution in [-0.2, 0) is 12.8 Å². The Morgan fingerprint density at radius 2 is 1.25 bits per heavy atom. The van der Waals surface area contributed by atoms with E-state index in [-0.39, 0.29) is 0 Å². The molecule has 0 heteroatoms. The summed E-state index contributed by atoms with van der Waals surface area (Å²) in [7, 11) is 0. The third kappa shape index (κ3) is 3.49. The number of rotatable bonds is 5. The van der Waals surface area contributed by atoms with E-state index in [1.54, 1.807) is 0 Å². The van der Waals surface area contributed by atoms with Crippen LogP contribution in [0.1, 0.15) is 28.2 Å². The molecule has 2 aromatic rings. The molecule has 118 valence electrons. The first-order valence-electron chi connectivity index (χ1n) is 8.73. The summed E-state index contributed by atoms with van der Waals surface area (Å²) in [6, 6.07) is 18.0. The summed E-state index contributed by atoms with van der Waals surface area (Å²) in [4.78, 5) is 0. The van der Waals surface area contributed by atoms with E-state index >= 15 is 0 Å². The van der Waals surface area contributed by atoms with Gasteiger partial charge in [-0.15, -0.1) is 0 Å². The molecule has 4 rings (SSSR count). The largest absolute Gasteiger partial charge is 0.0773 e. The van der Waals surface area contributed by atoms with Gasteiger partial charge in [-0.2, -0.15) is 0 Å². The summed E-state index contributed by atoms with van der Waals surface area (Å²) in [5, 5.41) is 0. The summed E-state index contributed by atoms with van der Waals surface area (Å²) in [5.41, 5.74) is 5.59. The second-order valence-corrected chi connectivity index (χ2v) is 6.68. The molecule has 2 aliphatic carbocycles. The molecule has 2 aliphatic rings. The highest BCUT2D eigenvalue weighted by Gasteiger charge is 2.09. The highest BCUT2D eigenvalue weighted by molar-refractivity contribution is 5.39. The first-order chi connectivity index (χ1) is 11.9. The van der Waals surface area contributed by atoms with Crippen LogP contribution in [0, 0.1) is 5.92 Å². The minimum absolute atomic E-state index is 0.442. The number of hydrogen-bond acceptors (Lipinski definition) is 0. The van der Waals surface area contributed by atoms with Crippen LogP contribution in [0.25, 0.3) is 0 Å². The zero-order valence-electron chi connectivity index (χ0n) is 13.8. The normalized spacial score (nSPS) is 16.5. The van der Waals surface area contributed by atoms with E-state index in [4.69, 9.17) is 0 Å². The van der Waals surface area contributed by atoms with Gasteiger partial charge in [-0.05, 0) is 41.0 Å². The molecular formula is C24H22. The first kappa shape index (κ1) is 15.0. The molecule has 0 heterocycles. The third-order valence-corrected chi connectivity index (χ3v) is 4.78. The summed E-state index contributed by atoms with van der Waals surface area (Å²) in [6.07, 6.45) is 19.7. The highest BCUT2D eigenvalue weighted by atomic mass is 14.1. The Morgan fingerprint density at radius 3 is 2.04 bits per heavy atom. The van der Waals surface area contributed by atoms with Crippen molar-refractivity contribution in [2.45, 2.75) is 18.8 Å². The molecule has 0 fully saturated rings. The Balaban J connectivity index is 1.49. The molecule has 2 aromatic carbocycles. The second kappa shape index (κ2) is 6.88. The summed E-state index contributed by atoms with van der Waals surface area (Å²) >= 11 is 0. The molecule has 0 bridgehead atoms. The van der Waals surface area contributed by atoms with Crippen molar-refractivity contribution in [1.29, 1.82) is 0 Å². The summed E-state index contributed by atoms with van der Waals surface area (Å²) in [6.45, 7) is 0. The van der Waals surface area contributed by atoms with E-state index in [1.807, 2.05) is 0 Å². The molecule has 0 nitrogen and oxygen atoms in total.